The van der Waals surface area contributed by atoms with Crippen molar-refractivity contribution in [3.8, 4) is 0 Å². The lowest BCUT2D eigenvalue weighted by Gasteiger charge is -2.36. The number of hydrogen-bond donors (Lipinski definition) is 2. The normalized spacial score (nSPS) is 15.3. The molecule has 0 spiro atoms. The molecule has 2 aromatic carbocycles. The fourth-order valence-corrected chi connectivity index (χ4v) is 4.21. The summed E-state index contributed by atoms with van der Waals surface area (Å²) in [5.41, 5.74) is 0.714. The van der Waals surface area contributed by atoms with Gasteiger partial charge in [0, 0.05) is 37.9 Å². The van der Waals surface area contributed by atoms with Gasteiger partial charge >= 0.3 is 6.18 Å². The van der Waals surface area contributed by atoms with Crippen molar-refractivity contribution < 1.29 is 32.3 Å². The largest absolute Gasteiger partial charge is 0.416 e. The predicted octanol–water partition coefficient (Wildman–Crippen LogP) is 3.43. The van der Waals surface area contributed by atoms with E-state index in [-0.39, 0.29) is 35.7 Å². The summed E-state index contributed by atoms with van der Waals surface area (Å²) in [6, 6.07) is 10.4. The number of nitrogens with one attached hydrogen (secondary N) is 2. The SMILES string of the molecule is COCCNC(=O)C(NC(=O)c1cccc(C)c1)C1CCN(C(=O)c2ccc(C(F)(F)F)cc2)CC1. The van der Waals surface area contributed by atoms with E-state index in [2.05, 4.69) is 10.6 Å². The molecular weight excluding hydrogens is 475 g/mol. The highest BCUT2D eigenvalue weighted by Gasteiger charge is 2.35. The van der Waals surface area contributed by atoms with Crippen molar-refractivity contribution in [2.24, 2.45) is 5.92 Å². The predicted molar refractivity (Wildman–Crippen MR) is 127 cm³/mol. The monoisotopic (exact) mass is 505 g/mol. The van der Waals surface area contributed by atoms with Crippen molar-refractivity contribution in [1.29, 1.82) is 0 Å². The molecule has 0 radical (unpaired) electrons. The van der Waals surface area contributed by atoms with Gasteiger partial charge in [-0.3, -0.25) is 14.4 Å². The van der Waals surface area contributed by atoms with Crippen LogP contribution in [0.25, 0.3) is 0 Å². The van der Waals surface area contributed by atoms with E-state index in [0.29, 0.717) is 38.1 Å². The van der Waals surface area contributed by atoms with Gasteiger partial charge in [-0.05, 0) is 62.1 Å². The Bertz CT molecular complexity index is 1060. The van der Waals surface area contributed by atoms with Crippen LogP contribution in [0.4, 0.5) is 13.2 Å². The van der Waals surface area contributed by atoms with Gasteiger partial charge in [0.05, 0.1) is 12.2 Å². The molecule has 1 aliphatic heterocycles. The molecule has 0 saturated carbocycles. The average molecular weight is 506 g/mol. The molecule has 1 heterocycles. The maximum atomic E-state index is 12.9. The summed E-state index contributed by atoms with van der Waals surface area (Å²) in [6.45, 7) is 3.11. The molecule has 0 aromatic heterocycles. The maximum Gasteiger partial charge on any atom is 0.416 e. The van der Waals surface area contributed by atoms with Crippen molar-refractivity contribution in [3.63, 3.8) is 0 Å². The zero-order chi connectivity index (χ0) is 26.3. The molecule has 1 unspecified atom stereocenters. The van der Waals surface area contributed by atoms with Gasteiger partial charge in [-0.15, -0.1) is 0 Å². The van der Waals surface area contributed by atoms with E-state index in [1.165, 1.54) is 19.2 Å². The van der Waals surface area contributed by atoms with Gasteiger partial charge in [0.2, 0.25) is 5.91 Å². The van der Waals surface area contributed by atoms with Crippen LogP contribution in [0.1, 0.15) is 44.7 Å². The van der Waals surface area contributed by atoms with E-state index >= 15 is 0 Å². The maximum absolute atomic E-state index is 12.9. The Labute approximate surface area is 208 Å². The number of rotatable bonds is 8. The number of ether oxygens (including phenoxy) is 1. The molecule has 7 nitrogen and oxygen atoms in total. The highest BCUT2D eigenvalue weighted by Crippen LogP contribution is 2.29. The van der Waals surface area contributed by atoms with E-state index in [9.17, 15) is 27.6 Å². The van der Waals surface area contributed by atoms with Crippen LogP contribution >= 0.6 is 0 Å². The minimum atomic E-state index is -4.47. The van der Waals surface area contributed by atoms with E-state index in [1.54, 1.807) is 23.1 Å². The number of carbonyl (C=O) groups is 3. The number of aryl methyl sites for hydroxylation is 1. The lowest BCUT2D eigenvalue weighted by molar-refractivity contribution is -0.137. The van der Waals surface area contributed by atoms with Crippen LogP contribution in [-0.4, -0.2) is 62.0 Å². The number of alkyl halides is 3. The van der Waals surface area contributed by atoms with E-state index in [1.807, 2.05) is 13.0 Å². The molecule has 1 aliphatic rings. The number of methoxy groups -OCH3 is 1. The van der Waals surface area contributed by atoms with Gasteiger partial charge in [-0.25, -0.2) is 0 Å². The van der Waals surface area contributed by atoms with Crippen LogP contribution in [0.3, 0.4) is 0 Å². The summed E-state index contributed by atoms with van der Waals surface area (Å²) in [5.74, 6) is -1.29. The van der Waals surface area contributed by atoms with Crippen molar-refractivity contribution >= 4 is 17.7 Å². The topological polar surface area (TPSA) is 87.7 Å². The Balaban J connectivity index is 1.67. The third-order valence-corrected chi connectivity index (χ3v) is 6.21. The summed E-state index contributed by atoms with van der Waals surface area (Å²) in [5, 5.41) is 5.63. The number of benzene rings is 2. The third-order valence-electron chi connectivity index (χ3n) is 6.21. The summed E-state index contributed by atoms with van der Waals surface area (Å²) >= 11 is 0. The summed E-state index contributed by atoms with van der Waals surface area (Å²) in [4.78, 5) is 40.2. The molecule has 2 N–H and O–H groups in total. The molecule has 36 heavy (non-hydrogen) atoms. The average Bonchev–Trinajstić information content (AvgIpc) is 2.86. The van der Waals surface area contributed by atoms with Crippen molar-refractivity contribution in [2.45, 2.75) is 32.0 Å². The first kappa shape index (κ1) is 27.2. The van der Waals surface area contributed by atoms with Crippen molar-refractivity contribution in [3.05, 3.63) is 70.8 Å². The lowest BCUT2D eigenvalue weighted by atomic mass is 9.88. The van der Waals surface area contributed by atoms with E-state index < -0.39 is 17.8 Å². The number of likely N-dealkylation sites (tertiary alicyclic amines) is 1. The minimum absolute atomic E-state index is 0.169. The quantitative estimate of drug-likeness (QED) is 0.539. The molecule has 3 rings (SSSR count). The van der Waals surface area contributed by atoms with Gasteiger partial charge in [0.15, 0.2) is 0 Å². The number of hydrogen-bond acceptors (Lipinski definition) is 4. The Morgan fingerprint density at radius 3 is 2.31 bits per heavy atom. The molecule has 194 valence electrons. The Hall–Kier alpha value is -3.40. The second-order valence-corrected chi connectivity index (χ2v) is 8.81. The third kappa shape index (κ3) is 7.07. The molecule has 3 amide bonds. The zero-order valence-corrected chi connectivity index (χ0v) is 20.2. The Morgan fingerprint density at radius 1 is 1.06 bits per heavy atom. The molecule has 2 aromatic rings. The van der Waals surface area contributed by atoms with Gasteiger partial charge in [0.25, 0.3) is 11.8 Å². The van der Waals surface area contributed by atoms with E-state index in [0.717, 1.165) is 17.7 Å². The van der Waals surface area contributed by atoms with Crippen LogP contribution in [0.5, 0.6) is 0 Å². The number of piperidine rings is 1. The lowest BCUT2D eigenvalue weighted by Crippen LogP contribution is -2.54. The Morgan fingerprint density at radius 2 is 1.72 bits per heavy atom. The van der Waals surface area contributed by atoms with Gasteiger partial charge < -0.3 is 20.3 Å². The van der Waals surface area contributed by atoms with Crippen molar-refractivity contribution in [2.75, 3.05) is 33.4 Å². The smallest absolute Gasteiger partial charge is 0.383 e. The van der Waals surface area contributed by atoms with Crippen molar-refractivity contribution in [1.82, 2.24) is 15.5 Å². The fraction of sp³-hybridized carbons (Fsp3) is 0.423. The highest BCUT2D eigenvalue weighted by molar-refractivity contribution is 5.98. The zero-order valence-electron chi connectivity index (χ0n) is 20.2. The van der Waals surface area contributed by atoms with Gasteiger partial charge in [-0.1, -0.05) is 17.7 Å². The van der Waals surface area contributed by atoms with Crippen LogP contribution < -0.4 is 10.6 Å². The number of carbonyl (C=O) groups excluding carboxylic acids is 3. The molecular formula is C26H30F3N3O4. The molecule has 0 bridgehead atoms. The van der Waals surface area contributed by atoms with E-state index in [4.69, 9.17) is 4.74 Å². The standard InChI is InChI=1S/C26H30F3N3O4/c1-17-4-3-5-20(16-17)23(33)31-22(24(34)30-12-15-36-2)18-10-13-32(14-11-18)25(35)19-6-8-21(9-7-19)26(27,28)29/h3-9,16,18,22H,10-15H2,1-2H3,(H,30,34)(H,31,33). The highest BCUT2D eigenvalue weighted by atomic mass is 19.4. The first-order chi connectivity index (χ1) is 17.1. The second kappa shape index (κ2) is 12.0. The van der Waals surface area contributed by atoms with Gasteiger partial charge in [0.1, 0.15) is 6.04 Å². The molecule has 1 fully saturated rings. The number of amides is 3. The second-order valence-electron chi connectivity index (χ2n) is 8.81. The fourth-order valence-electron chi connectivity index (χ4n) is 4.21. The van der Waals surface area contributed by atoms with Crippen LogP contribution in [0.2, 0.25) is 0 Å². The molecule has 10 heteroatoms. The number of nitrogens with zero attached hydrogens (tertiary/aromatic N) is 1. The first-order valence-corrected chi connectivity index (χ1v) is 11.7. The van der Waals surface area contributed by atoms with Crippen LogP contribution in [0.15, 0.2) is 48.5 Å². The van der Waals surface area contributed by atoms with Crippen LogP contribution in [0, 0.1) is 12.8 Å². The minimum Gasteiger partial charge on any atom is -0.383 e. The van der Waals surface area contributed by atoms with Crippen LogP contribution in [-0.2, 0) is 15.7 Å². The Kier molecular flexibility index (Phi) is 9.08. The first-order valence-electron chi connectivity index (χ1n) is 11.7. The molecule has 0 aliphatic carbocycles. The number of halogens is 3. The van der Waals surface area contributed by atoms with Gasteiger partial charge in [-0.2, -0.15) is 13.2 Å². The summed E-state index contributed by atoms with van der Waals surface area (Å²) in [7, 11) is 1.52. The summed E-state index contributed by atoms with van der Waals surface area (Å²) in [6.07, 6.45) is -3.58. The molecule has 1 saturated heterocycles. The summed E-state index contributed by atoms with van der Waals surface area (Å²) < 4.78 is 43.4. The molecule has 1 atom stereocenters.